The lowest BCUT2D eigenvalue weighted by molar-refractivity contribution is -0.130. The second-order valence-electron chi connectivity index (χ2n) is 6.15. The molecule has 2 rings (SSSR count). The Balaban J connectivity index is 1.64. The van der Waals surface area contributed by atoms with Crippen LogP contribution in [0.3, 0.4) is 0 Å². The highest BCUT2D eigenvalue weighted by Gasteiger charge is 2.15. The Morgan fingerprint density at radius 2 is 2.00 bits per heavy atom. The number of amides is 2. The summed E-state index contributed by atoms with van der Waals surface area (Å²) in [7, 11) is 0. The fourth-order valence-corrected chi connectivity index (χ4v) is 2.89. The summed E-state index contributed by atoms with van der Waals surface area (Å²) in [6, 6.07) is 7.61. The van der Waals surface area contributed by atoms with Crippen LogP contribution in [0.2, 0.25) is 0 Å². The van der Waals surface area contributed by atoms with Crippen LogP contribution in [0.4, 0.5) is 0 Å². The maximum atomic E-state index is 12.0. The van der Waals surface area contributed by atoms with E-state index in [4.69, 9.17) is 4.74 Å². The van der Waals surface area contributed by atoms with Gasteiger partial charge in [0.15, 0.2) is 0 Å². The van der Waals surface area contributed by atoms with Crippen LogP contribution >= 0.6 is 0 Å². The number of likely N-dealkylation sites (tertiary alicyclic amines) is 1. The largest absolute Gasteiger partial charge is 0.494 e. The molecule has 1 fully saturated rings. The fraction of sp³-hybridized carbons (Fsp3) is 0.579. The molecule has 24 heavy (non-hydrogen) atoms. The van der Waals surface area contributed by atoms with E-state index in [0.29, 0.717) is 26.0 Å². The van der Waals surface area contributed by atoms with Gasteiger partial charge in [-0.1, -0.05) is 18.6 Å². The smallest absolute Gasteiger partial charge is 0.224 e. The average Bonchev–Trinajstić information content (AvgIpc) is 2.78. The van der Waals surface area contributed by atoms with Gasteiger partial charge in [-0.25, -0.2) is 0 Å². The molecule has 1 saturated heterocycles. The Morgan fingerprint density at radius 1 is 1.21 bits per heavy atom. The fourth-order valence-electron chi connectivity index (χ4n) is 2.89. The van der Waals surface area contributed by atoms with Crippen molar-refractivity contribution in [3.05, 3.63) is 29.8 Å². The molecular weight excluding hydrogens is 304 g/mol. The standard InChI is InChI=1S/C19H28N2O3/c1-2-24-17-10-8-16(9-11-17)15-18(22)20-12-6-14-21-13-5-3-4-7-19(21)23/h8-11H,2-7,12-15H2,1H3,(H,20,22). The quantitative estimate of drug-likeness (QED) is 0.744. The van der Waals surface area contributed by atoms with E-state index in [1.54, 1.807) is 0 Å². The van der Waals surface area contributed by atoms with Crippen molar-refractivity contribution >= 4 is 11.8 Å². The van der Waals surface area contributed by atoms with Crippen molar-refractivity contribution in [3.8, 4) is 5.75 Å². The van der Waals surface area contributed by atoms with E-state index in [2.05, 4.69) is 5.32 Å². The second-order valence-corrected chi connectivity index (χ2v) is 6.15. The summed E-state index contributed by atoms with van der Waals surface area (Å²) in [6.07, 6.45) is 5.09. The van der Waals surface area contributed by atoms with E-state index < -0.39 is 0 Å². The zero-order chi connectivity index (χ0) is 17.2. The molecular formula is C19H28N2O3. The number of ether oxygens (including phenoxy) is 1. The number of nitrogens with zero attached hydrogens (tertiary/aromatic N) is 1. The molecule has 1 heterocycles. The summed E-state index contributed by atoms with van der Waals surface area (Å²) in [5.41, 5.74) is 0.971. The van der Waals surface area contributed by atoms with Crippen molar-refractivity contribution in [2.75, 3.05) is 26.2 Å². The van der Waals surface area contributed by atoms with Gasteiger partial charge in [0.1, 0.15) is 5.75 Å². The molecule has 0 radical (unpaired) electrons. The number of carbonyl (C=O) groups is 2. The Bertz CT molecular complexity index is 528. The molecule has 1 N–H and O–H groups in total. The van der Waals surface area contributed by atoms with Gasteiger partial charge in [-0.2, -0.15) is 0 Å². The molecule has 1 aliphatic heterocycles. The van der Waals surface area contributed by atoms with E-state index in [-0.39, 0.29) is 11.8 Å². The predicted molar refractivity (Wildman–Crippen MR) is 94.0 cm³/mol. The first-order chi connectivity index (χ1) is 11.7. The Labute approximate surface area is 144 Å². The first kappa shape index (κ1) is 18.3. The van der Waals surface area contributed by atoms with Crippen LogP contribution in [0.5, 0.6) is 5.75 Å². The van der Waals surface area contributed by atoms with Gasteiger partial charge < -0.3 is 15.0 Å². The minimum absolute atomic E-state index is 0.0151. The molecule has 0 aromatic heterocycles. The second kappa shape index (κ2) is 9.96. The normalized spacial score (nSPS) is 15.0. The van der Waals surface area contributed by atoms with Crippen molar-refractivity contribution in [3.63, 3.8) is 0 Å². The number of benzene rings is 1. The minimum atomic E-state index is 0.0151. The monoisotopic (exact) mass is 332 g/mol. The number of hydrogen-bond donors (Lipinski definition) is 1. The summed E-state index contributed by atoms with van der Waals surface area (Å²) in [6.45, 7) is 4.79. The molecule has 0 bridgehead atoms. The van der Waals surface area contributed by atoms with E-state index in [9.17, 15) is 9.59 Å². The third-order valence-electron chi connectivity index (χ3n) is 4.20. The lowest BCUT2D eigenvalue weighted by Gasteiger charge is -2.20. The van der Waals surface area contributed by atoms with Crippen LogP contribution in [-0.2, 0) is 16.0 Å². The van der Waals surface area contributed by atoms with Gasteiger partial charge in [0.05, 0.1) is 13.0 Å². The van der Waals surface area contributed by atoms with Crippen molar-refractivity contribution < 1.29 is 14.3 Å². The highest BCUT2D eigenvalue weighted by atomic mass is 16.5. The third-order valence-corrected chi connectivity index (χ3v) is 4.20. The zero-order valence-corrected chi connectivity index (χ0v) is 14.6. The van der Waals surface area contributed by atoms with Crippen LogP contribution in [-0.4, -0.2) is 43.0 Å². The zero-order valence-electron chi connectivity index (χ0n) is 14.6. The van der Waals surface area contributed by atoms with Crippen molar-refractivity contribution in [1.29, 1.82) is 0 Å². The number of rotatable bonds is 8. The maximum absolute atomic E-state index is 12.0. The van der Waals surface area contributed by atoms with Crippen LogP contribution in [0.1, 0.15) is 44.6 Å². The number of carbonyl (C=O) groups excluding carboxylic acids is 2. The van der Waals surface area contributed by atoms with Crippen LogP contribution in [0, 0.1) is 0 Å². The highest BCUT2D eigenvalue weighted by molar-refractivity contribution is 5.78. The molecule has 1 aromatic carbocycles. The molecule has 5 heteroatoms. The van der Waals surface area contributed by atoms with E-state index in [1.807, 2.05) is 36.1 Å². The highest BCUT2D eigenvalue weighted by Crippen LogP contribution is 2.13. The molecule has 0 aliphatic carbocycles. The molecule has 0 unspecified atom stereocenters. The van der Waals surface area contributed by atoms with E-state index in [1.165, 1.54) is 0 Å². The van der Waals surface area contributed by atoms with Crippen LogP contribution in [0.15, 0.2) is 24.3 Å². The first-order valence-electron chi connectivity index (χ1n) is 8.95. The van der Waals surface area contributed by atoms with Gasteiger partial charge >= 0.3 is 0 Å². The van der Waals surface area contributed by atoms with Gasteiger partial charge in [-0.15, -0.1) is 0 Å². The summed E-state index contributed by atoms with van der Waals surface area (Å²) < 4.78 is 5.39. The van der Waals surface area contributed by atoms with Crippen LogP contribution < -0.4 is 10.1 Å². The van der Waals surface area contributed by atoms with Crippen LogP contribution in [0.25, 0.3) is 0 Å². The molecule has 0 saturated carbocycles. The molecule has 0 atom stereocenters. The Morgan fingerprint density at radius 3 is 2.75 bits per heavy atom. The lowest BCUT2D eigenvalue weighted by atomic mass is 10.1. The van der Waals surface area contributed by atoms with E-state index >= 15 is 0 Å². The summed E-state index contributed by atoms with van der Waals surface area (Å²) in [5, 5.41) is 2.93. The van der Waals surface area contributed by atoms with Crippen molar-refractivity contribution in [1.82, 2.24) is 10.2 Å². The number of hydrogen-bond acceptors (Lipinski definition) is 3. The first-order valence-corrected chi connectivity index (χ1v) is 8.95. The molecule has 2 amide bonds. The topological polar surface area (TPSA) is 58.6 Å². The maximum Gasteiger partial charge on any atom is 0.224 e. The average molecular weight is 332 g/mol. The SMILES string of the molecule is CCOc1ccc(CC(=O)NCCCN2CCCCCC2=O)cc1. The van der Waals surface area contributed by atoms with Crippen molar-refractivity contribution in [2.45, 2.75) is 45.4 Å². The Hall–Kier alpha value is -2.04. The Kier molecular flexibility index (Phi) is 7.59. The lowest BCUT2D eigenvalue weighted by Crippen LogP contribution is -2.34. The molecule has 5 nitrogen and oxygen atoms in total. The van der Waals surface area contributed by atoms with Gasteiger partial charge in [0.25, 0.3) is 0 Å². The minimum Gasteiger partial charge on any atom is -0.494 e. The van der Waals surface area contributed by atoms with E-state index in [0.717, 1.165) is 50.1 Å². The van der Waals surface area contributed by atoms with Crippen molar-refractivity contribution in [2.24, 2.45) is 0 Å². The molecule has 1 aromatic rings. The summed E-state index contributed by atoms with van der Waals surface area (Å²) in [4.78, 5) is 25.8. The van der Waals surface area contributed by atoms with Gasteiger partial charge in [-0.05, 0) is 43.9 Å². The van der Waals surface area contributed by atoms with Gasteiger partial charge in [0, 0.05) is 26.1 Å². The molecule has 1 aliphatic rings. The molecule has 0 spiro atoms. The van der Waals surface area contributed by atoms with Gasteiger partial charge in [-0.3, -0.25) is 9.59 Å². The summed E-state index contributed by atoms with van der Waals surface area (Å²) >= 11 is 0. The third kappa shape index (κ3) is 6.22. The number of nitrogens with one attached hydrogen (secondary N) is 1. The van der Waals surface area contributed by atoms with Gasteiger partial charge in [0.2, 0.25) is 11.8 Å². The predicted octanol–water partition coefficient (Wildman–Crippen LogP) is 2.54. The molecule has 132 valence electrons. The summed E-state index contributed by atoms with van der Waals surface area (Å²) in [5.74, 6) is 1.10.